The maximum atomic E-state index is 10.6. The van der Waals surface area contributed by atoms with Crippen molar-refractivity contribution in [2.75, 3.05) is 25.0 Å². The van der Waals surface area contributed by atoms with Crippen LogP contribution in [0.2, 0.25) is 0 Å². The van der Waals surface area contributed by atoms with Gasteiger partial charge in [0.1, 0.15) is 0 Å². The van der Waals surface area contributed by atoms with Gasteiger partial charge in [0.05, 0.1) is 16.4 Å². The lowest BCUT2D eigenvalue weighted by Gasteiger charge is -2.12. The summed E-state index contributed by atoms with van der Waals surface area (Å²) in [6.07, 6.45) is 0.889. The van der Waals surface area contributed by atoms with E-state index in [-0.39, 0.29) is 0 Å². The highest BCUT2D eigenvalue weighted by Gasteiger charge is 2.09. The zero-order valence-electron chi connectivity index (χ0n) is 8.77. The zero-order chi connectivity index (χ0) is 11.5. The molecule has 2 heterocycles. The van der Waals surface area contributed by atoms with Gasteiger partial charge in [-0.15, -0.1) is 22.7 Å². The minimum atomic E-state index is 0.516. The van der Waals surface area contributed by atoms with Gasteiger partial charge < -0.3 is 9.74 Å². The average Bonchev–Trinajstić information content (AvgIpc) is 2.82. The molecule has 0 spiro atoms. The number of rotatable bonds is 4. The van der Waals surface area contributed by atoms with Crippen molar-refractivity contribution < 1.29 is 4.79 Å². The predicted octanol–water partition coefficient (Wildman–Crippen LogP) is 3.13. The third-order valence-corrected chi connectivity index (χ3v) is 4.59. The van der Waals surface area contributed by atoms with E-state index in [9.17, 15) is 4.79 Å². The number of carbonyl (C=O) groups is 1. The molecule has 0 aliphatic heterocycles. The quantitative estimate of drug-likeness (QED) is 0.615. The van der Waals surface area contributed by atoms with E-state index in [0.29, 0.717) is 6.54 Å². The first kappa shape index (κ1) is 11.1. The van der Waals surface area contributed by atoms with Crippen molar-refractivity contribution in [2.24, 2.45) is 0 Å². The first-order valence-corrected chi connectivity index (χ1v) is 6.41. The normalized spacial score (nSPS) is 10.2. The van der Waals surface area contributed by atoms with Gasteiger partial charge >= 0.3 is 0 Å². The predicted molar refractivity (Wildman–Crippen MR) is 69.8 cm³/mol. The van der Waals surface area contributed by atoms with Gasteiger partial charge in [0, 0.05) is 16.4 Å². The maximum absolute atomic E-state index is 10.6. The Kier molecular flexibility index (Phi) is 3.22. The Balaban J connectivity index is 2.23. The number of likely N-dealkylation sites (N-methyl/N-ethyl adjacent to an activating group) is 1. The van der Waals surface area contributed by atoms with Gasteiger partial charge in [-0.2, -0.15) is 0 Å². The Morgan fingerprint density at radius 2 is 2.19 bits per heavy atom. The summed E-state index contributed by atoms with van der Waals surface area (Å²) in [5, 5.41) is 1.15. The molecule has 0 amide bonds. The van der Waals surface area contributed by atoms with E-state index in [1.807, 2.05) is 13.1 Å². The molecule has 0 aromatic carbocycles. The van der Waals surface area contributed by atoms with E-state index >= 15 is 0 Å². The Labute approximate surface area is 102 Å². The van der Waals surface area contributed by atoms with Crippen LogP contribution in [0.25, 0.3) is 14.2 Å². The molecule has 5 heteroatoms. The number of anilines is 1. The summed E-state index contributed by atoms with van der Waals surface area (Å²) < 4.78 is 2.30. The Bertz CT molecular complexity index is 518. The number of fused-ring (bicyclic) bond motifs is 1. The highest BCUT2D eigenvalue weighted by molar-refractivity contribution is 7.30. The molecule has 0 bridgehead atoms. The summed E-state index contributed by atoms with van der Waals surface area (Å²) in [7, 11) is 1.99. The summed E-state index contributed by atoms with van der Waals surface area (Å²) in [5.41, 5.74) is 0. The topological polar surface area (TPSA) is 24.7 Å². The molecular weight excluding hydrogens is 240 g/mol. The van der Waals surface area contributed by atoms with Crippen LogP contribution in [0.4, 0.5) is 5.00 Å². The van der Waals surface area contributed by atoms with Crippen LogP contribution in [-0.2, 0) is 0 Å². The minimum Gasteiger partial charge on any atom is -0.359 e. The van der Waals surface area contributed by atoms with Crippen LogP contribution in [0.15, 0.2) is 12.1 Å². The van der Waals surface area contributed by atoms with Crippen molar-refractivity contribution in [2.45, 2.75) is 0 Å². The van der Waals surface area contributed by atoms with Crippen LogP contribution in [-0.4, -0.2) is 26.4 Å². The van der Waals surface area contributed by atoms with Crippen LogP contribution in [0, 0.1) is 6.57 Å². The molecule has 0 fully saturated rings. The van der Waals surface area contributed by atoms with Gasteiger partial charge in [0.15, 0.2) is 6.29 Å². The summed E-state index contributed by atoms with van der Waals surface area (Å²) in [4.78, 5) is 16.8. The van der Waals surface area contributed by atoms with Gasteiger partial charge in [0.25, 0.3) is 0 Å². The highest BCUT2D eigenvalue weighted by atomic mass is 32.1. The van der Waals surface area contributed by atoms with E-state index in [1.165, 1.54) is 11.3 Å². The molecule has 0 atom stereocenters. The molecule has 0 N–H and O–H groups in total. The second kappa shape index (κ2) is 4.64. The Morgan fingerprint density at radius 1 is 1.44 bits per heavy atom. The van der Waals surface area contributed by atoms with Crippen LogP contribution in [0.5, 0.6) is 0 Å². The van der Waals surface area contributed by atoms with Gasteiger partial charge in [-0.1, -0.05) is 0 Å². The van der Waals surface area contributed by atoms with E-state index in [2.05, 4.69) is 15.8 Å². The molecular formula is C11H10N2OS2. The van der Waals surface area contributed by atoms with Crippen molar-refractivity contribution in [3.63, 3.8) is 0 Å². The third kappa shape index (κ3) is 2.08. The van der Waals surface area contributed by atoms with Crippen molar-refractivity contribution in [1.29, 1.82) is 0 Å². The first-order valence-electron chi connectivity index (χ1n) is 4.77. The lowest BCUT2D eigenvalue weighted by atomic mass is 10.4. The monoisotopic (exact) mass is 250 g/mol. The molecule has 0 unspecified atom stereocenters. The molecule has 2 rings (SSSR count). The fraction of sp³-hybridized carbons (Fsp3) is 0.273. The van der Waals surface area contributed by atoms with E-state index in [1.54, 1.807) is 11.3 Å². The first-order chi connectivity index (χ1) is 7.74. The molecule has 2 aromatic rings. The summed E-state index contributed by atoms with van der Waals surface area (Å²) in [6.45, 7) is 8.02. The number of hydrogen-bond donors (Lipinski definition) is 0. The van der Waals surface area contributed by atoms with Crippen molar-refractivity contribution >= 4 is 43.4 Å². The largest absolute Gasteiger partial charge is 0.359 e. The van der Waals surface area contributed by atoms with Crippen LogP contribution in [0.1, 0.15) is 9.67 Å². The molecule has 3 nitrogen and oxygen atoms in total. The molecule has 0 saturated carbocycles. The second-order valence-corrected chi connectivity index (χ2v) is 5.56. The molecule has 2 aromatic heterocycles. The van der Waals surface area contributed by atoms with Crippen LogP contribution in [0.3, 0.4) is 0 Å². The minimum absolute atomic E-state index is 0.516. The molecule has 82 valence electrons. The van der Waals surface area contributed by atoms with Crippen LogP contribution >= 0.6 is 22.7 Å². The lowest BCUT2D eigenvalue weighted by molar-refractivity contribution is 0.112. The van der Waals surface area contributed by atoms with Crippen LogP contribution < -0.4 is 4.90 Å². The molecule has 16 heavy (non-hydrogen) atoms. The Hall–Kier alpha value is -1.38. The summed E-state index contributed by atoms with van der Waals surface area (Å²) in [6, 6.07) is 4.01. The van der Waals surface area contributed by atoms with E-state index < -0.39 is 0 Å². The zero-order valence-corrected chi connectivity index (χ0v) is 10.4. The average molecular weight is 250 g/mol. The van der Waals surface area contributed by atoms with Gasteiger partial charge in [-0.25, -0.2) is 6.57 Å². The third-order valence-electron chi connectivity index (χ3n) is 2.25. The Morgan fingerprint density at radius 3 is 2.81 bits per heavy atom. The second-order valence-electron chi connectivity index (χ2n) is 3.38. The fourth-order valence-corrected chi connectivity index (χ4v) is 3.60. The number of aldehydes is 1. The lowest BCUT2D eigenvalue weighted by Crippen LogP contribution is -2.18. The molecule has 0 aliphatic rings. The smallest absolute Gasteiger partial charge is 0.231 e. The summed E-state index contributed by atoms with van der Waals surface area (Å²) in [5.74, 6) is 0. The molecule has 0 saturated heterocycles. The van der Waals surface area contributed by atoms with Gasteiger partial charge in [-0.05, 0) is 12.1 Å². The SMILES string of the molecule is [C-]#[N+]CCN(C)c1cc2sc(C=O)cc2s1. The highest BCUT2D eigenvalue weighted by Crippen LogP contribution is 2.36. The van der Waals surface area contributed by atoms with Crippen molar-refractivity contribution in [1.82, 2.24) is 0 Å². The van der Waals surface area contributed by atoms with Gasteiger partial charge in [-0.3, -0.25) is 4.79 Å². The van der Waals surface area contributed by atoms with Gasteiger partial charge in [0.2, 0.25) is 6.54 Å². The number of hydrogen-bond acceptors (Lipinski definition) is 4. The number of thiophene rings is 2. The molecule has 0 radical (unpaired) electrons. The number of carbonyl (C=O) groups excluding carboxylic acids is 1. The van der Waals surface area contributed by atoms with Crippen molar-refractivity contribution in [3.8, 4) is 0 Å². The fourth-order valence-electron chi connectivity index (χ4n) is 1.40. The van der Waals surface area contributed by atoms with Crippen molar-refractivity contribution in [3.05, 3.63) is 28.4 Å². The van der Waals surface area contributed by atoms with E-state index in [0.717, 1.165) is 32.1 Å². The number of nitrogens with zero attached hydrogens (tertiary/aromatic N) is 2. The molecule has 0 aliphatic carbocycles. The summed E-state index contributed by atoms with van der Waals surface area (Å²) >= 11 is 3.18. The standard InChI is InChI=1S/C11H10N2OS2/c1-12-3-4-13(2)11-6-10-9(16-11)5-8(7-14)15-10/h5-7H,3-4H2,2H3. The maximum Gasteiger partial charge on any atom is 0.231 e. The van der Waals surface area contributed by atoms with E-state index in [4.69, 9.17) is 6.57 Å².